The van der Waals surface area contributed by atoms with E-state index in [0.717, 1.165) is 10.6 Å². The maximum absolute atomic E-state index is 12.3. The Morgan fingerprint density at radius 1 is 1.15 bits per heavy atom. The number of ether oxygens (including phenoxy) is 1. The molecule has 0 aliphatic carbocycles. The van der Waals surface area contributed by atoms with Crippen molar-refractivity contribution in [3.63, 3.8) is 0 Å². The van der Waals surface area contributed by atoms with E-state index < -0.39 is 6.61 Å². The van der Waals surface area contributed by atoms with Gasteiger partial charge in [0.25, 0.3) is 0 Å². The van der Waals surface area contributed by atoms with Crippen molar-refractivity contribution >= 4 is 17.4 Å². The quantitative estimate of drug-likeness (QED) is 0.786. The molecule has 20 heavy (non-hydrogen) atoms. The molecule has 0 amide bonds. The normalized spacial score (nSPS) is 10.6. The van der Waals surface area contributed by atoms with Gasteiger partial charge in [0, 0.05) is 22.7 Å². The van der Waals surface area contributed by atoms with E-state index in [1.165, 1.54) is 0 Å². The summed E-state index contributed by atoms with van der Waals surface area (Å²) in [4.78, 5) is 1.15. The summed E-state index contributed by atoms with van der Waals surface area (Å²) in [7, 11) is 0. The van der Waals surface area contributed by atoms with Gasteiger partial charge in [-0.15, -0.1) is 11.8 Å². The standard InChI is InChI=1S/C15H15F2NOS/c1-20-13-7-4-6-12(9-13)18-10-11-5-2-3-8-14(11)19-15(16)17/h2-9,15,18H,10H2,1H3. The van der Waals surface area contributed by atoms with Crippen molar-refractivity contribution in [2.45, 2.75) is 18.1 Å². The zero-order valence-corrected chi connectivity index (χ0v) is 11.8. The van der Waals surface area contributed by atoms with Gasteiger partial charge >= 0.3 is 6.61 Å². The molecule has 5 heteroatoms. The zero-order chi connectivity index (χ0) is 14.4. The van der Waals surface area contributed by atoms with Crippen LogP contribution in [0.15, 0.2) is 53.4 Å². The molecule has 2 aromatic carbocycles. The summed E-state index contributed by atoms with van der Waals surface area (Å²) in [6.45, 7) is -2.38. The number of rotatable bonds is 6. The van der Waals surface area contributed by atoms with Gasteiger partial charge in [-0.05, 0) is 30.5 Å². The third-order valence-corrected chi connectivity index (χ3v) is 3.47. The smallest absolute Gasteiger partial charge is 0.387 e. The van der Waals surface area contributed by atoms with Crippen LogP contribution in [0.3, 0.4) is 0 Å². The lowest BCUT2D eigenvalue weighted by Gasteiger charge is -2.12. The first-order valence-corrected chi connectivity index (χ1v) is 7.32. The van der Waals surface area contributed by atoms with Crippen molar-refractivity contribution in [1.82, 2.24) is 0 Å². The minimum Gasteiger partial charge on any atom is -0.434 e. The molecule has 0 aliphatic heterocycles. The number of hydrogen-bond donors (Lipinski definition) is 1. The molecular weight excluding hydrogens is 280 g/mol. The molecule has 0 heterocycles. The second-order valence-electron chi connectivity index (χ2n) is 4.07. The molecule has 0 aromatic heterocycles. The van der Waals surface area contributed by atoms with Crippen LogP contribution in [0, 0.1) is 0 Å². The lowest BCUT2D eigenvalue weighted by molar-refractivity contribution is -0.0504. The Hall–Kier alpha value is -1.75. The second kappa shape index (κ2) is 7.14. The summed E-state index contributed by atoms with van der Waals surface area (Å²) in [5.41, 5.74) is 1.64. The van der Waals surface area contributed by atoms with Crippen molar-refractivity contribution < 1.29 is 13.5 Å². The van der Waals surface area contributed by atoms with Crippen molar-refractivity contribution in [2.24, 2.45) is 0 Å². The number of benzene rings is 2. The molecule has 0 aliphatic rings. The summed E-state index contributed by atoms with van der Waals surface area (Å²) in [6.07, 6.45) is 2.00. The van der Waals surface area contributed by atoms with Crippen molar-refractivity contribution in [2.75, 3.05) is 11.6 Å². The van der Waals surface area contributed by atoms with Crippen LogP contribution in [0.25, 0.3) is 0 Å². The molecular formula is C15H15F2NOS. The highest BCUT2D eigenvalue weighted by Crippen LogP contribution is 2.23. The first kappa shape index (κ1) is 14.7. The fourth-order valence-corrected chi connectivity index (χ4v) is 2.25. The number of nitrogens with one attached hydrogen (secondary N) is 1. The van der Waals surface area contributed by atoms with Crippen LogP contribution in [-0.4, -0.2) is 12.9 Å². The van der Waals surface area contributed by atoms with E-state index >= 15 is 0 Å². The van der Waals surface area contributed by atoms with Gasteiger partial charge in [0.2, 0.25) is 0 Å². The summed E-state index contributed by atoms with van der Waals surface area (Å²) in [6, 6.07) is 14.7. The minimum atomic E-state index is -2.81. The van der Waals surface area contributed by atoms with Crippen LogP contribution in [-0.2, 0) is 6.54 Å². The van der Waals surface area contributed by atoms with Crippen molar-refractivity contribution in [3.05, 3.63) is 54.1 Å². The lowest BCUT2D eigenvalue weighted by atomic mass is 10.2. The van der Waals surface area contributed by atoms with Crippen LogP contribution in [0.1, 0.15) is 5.56 Å². The van der Waals surface area contributed by atoms with Crippen LogP contribution in [0.2, 0.25) is 0 Å². The van der Waals surface area contributed by atoms with Crippen LogP contribution in [0.5, 0.6) is 5.75 Å². The molecule has 0 spiro atoms. The SMILES string of the molecule is CSc1cccc(NCc2ccccc2OC(F)F)c1. The van der Waals surface area contributed by atoms with Gasteiger partial charge in [0.05, 0.1) is 0 Å². The predicted octanol–water partition coefficient (Wildman–Crippen LogP) is 4.62. The first-order valence-electron chi connectivity index (χ1n) is 6.09. The van der Waals surface area contributed by atoms with E-state index in [-0.39, 0.29) is 5.75 Å². The number of alkyl halides is 2. The summed E-state index contributed by atoms with van der Waals surface area (Å²) >= 11 is 1.65. The van der Waals surface area contributed by atoms with E-state index in [2.05, 4.69) is 10.1 Å². The molecule has 2 aromatic rings. The largest absolute Gasteiger partial charge is 0.434 e. The number of thioether (sulfide) groups is 1. The van der Waals surface area contributed by atoms with E-state index in [1.807, 2.05) is 30.5 Å². The summed E-state index contributed by atoms with van der Waals surface area (Å²) < 4.78 is 29.1. The van der Waals surface area contributed by atoms with Gasteiger partial charge in [-0.25, -0.2) is 0 Å². The molecule has 0 saturated heterocycles. The lowest BCUT2D eigenvalue weighted by Crippen LogP contribution is -2.07. The molecule has 0 saturated carbocycles. The minimum absolute atomic E-state index is 0.205. The highest BCUT2D eigenvalue weighted by atomic mass is 32.2. The molecule has 0 atom stereocenters. The van der Waals surface area contributed by atoms with Crippen LogP contribution < -0.4 is 10.1 Å². The number of hydrogen-bond acceptors (Lipinski definition) is 3. The molecule has 0 unspecified atom stereocenters. The Kier molecular flexibility index (Phi) is 5.24. The molecule has 106 valence electrons. The topological polar surface area (TPSA) is 21.3 Å². The van der Waals surface area contributed by atoms with Crippen LogP contribution >= 0.6 is 11.8 Å². The van der Waals surface area contributed by atoms with Gasteiger partial charge in [-0.3, -0.25) is 0 Å². The van der Waals surface area contributed by atoms with Gasteiger partial charge in [-0.2, -0.15) is 8.78 Å². The third kappa shape index (κ3) is 4.13. The Labute approximate surface area is 121 Å². The van der Waals surface area contributed by atoms with Crippen molar-refractivity contribution in [1.29, 1.82) is 0 Å². The van der Waals surface area contributed by atoms with Crippen molar-refractivity contribution in [3.8, 4) is 5.75 Å². The molecule has 2 rings (SSSR count). The van der Waals surface area contributed by atoms with Gasteiger partial charge in [0.1, 0.15) is 5.75 Å². The predicted molar refractivity (Wildman–Crippen MR) is 78.6 cm³/mol. The Morgan fingerprint density at radius 3 is 2.70 bits per heavy atom. The number of para-hydroxylation sites is 1. The van der Waals surface area contributed by atoms with E-state index in [0.29, 0.717) is 12.1 Å². The monoisotopic (exact) mass is 295 g/mol. The number of halogens is 2. The van der Waals surface area contributed by atoms with Gasteiger partial charge in [0.15, 0.2) is 0 Å². The molecule has 0 bridgehead atoms. The maximum atomic E-state index is 12.3. The van der Waals surface area contributed by atoms with Gasteiger partial charge < -0.3 is 10.1 Å². The third-order valence-electron chi connectivity index (χ3n) is 2.74. The van der Waals surface area contributed by atoms with Gasteiger partial charge in [-0.1, -0.05) is 24.3 Å². The summed E-state index contributed by atoms with van der Waals surface area (Å²) in [5, 5.41) is 3.21. The Bertz CT molecular complexity index is 563. The molecule has 0 radical (unpaired) electrons. The Morgan fingerprint density at radius 2 is 1.95 bits per heavy atom. The molecule has 1 N–H and O–H groups in total. The fourth-order valence-electron chi connectivity index (χ4n) is 1.79. The average molecular weight is 295 g/mol. The van der Waals surface area contributed by atoms with E-state index in [9.17, 15) is 8.78 Å². The molecule has 2 nitrogen and oxygen atoms in total. The molecule has 0 fully saturated rings. The highest BCUT2D eigenvalue weighted by Gasteiger charge is 2.08. The Balaban J connectivity index is 2.06. The second-order valence-corrected chi connectivity index (χ2v) is 4.95. The van der Waals surface area contributed by atoms with E-state index in [1.54, 1.807) is 36.0 Å². The highest BCUT2D eigenvalue weighted by molar-refractivity contribution is 7.98. The zero-order valence-electron chi connectivity index (χ0n) is 11.0. The first-order chi connectivity index (χ1) is 9.69. The fraction of sp³-hybridized carbons (Fsp3) is 0.200. The maximum Gasteiger partial charge on any atom is 0.387 e. The number of anilines is 1. The van der Waals surface area contributed by atoms with E-state index in [4.69, 9.17) is 0 Å². The van der Waals surface area contributed by atoms with Crippen LogP contribution in [0.4, 0.5) is 14.5 Å². The average Bonchev–Trinajstić information content (AvgIpc) is 2.46. The summed E-state index contributed by atoms with van der Waals surface area (Å²) in [5.74, 6) is 0.205.